The lowest BCUT2D eigenvalue weighted by atomic mass is 10.1. The first-order valence-electron chi connectivity index (χ1n) is 5.40. The normalized spacial score (nSPS) is 24.9. The van der Waals surface area contributed by atoms with Crippen LogP contribution in [0.3, 0.4) is 0 Å². The van der Waals surface area contributed by atoms with E-state index in [0.717, 1.165) is 12.8 Å². The Morgan fingerprint density at radius 3 is 2.67 bits per heavy atom. The Morgan fingerprint density at radius 1 is 1.40 bits per heavy atom. The van der Waals surface area contributed by atoms with Crippen molar-refractivity contribution < 1.29 is 14.7 Å². The largest absolute Gasteiger partial charge is 0.481 e. The van der Waals surface area contributed by atoms with E-state index in [9.17, 15) is 9.59 Å². The third-order valence-corrected chi connectivity index (χ3v) is 2.65. The van der Waals surface area contributed by atoms with Crippen LogP contribution in [0.5, 0.6) is 0 Å². The lowest BCUT2D eigenvalue weighted by molar-refractivity contribution is -0.141. The van der Waals surface area contributed by atoms with Gasteiger partial charge < -0.3 is 15.7 Å². The number of amides is 2. The molecule has 0 aromatic rings. The maximum atomic E-state index is 11.3. The van der Waals surface area contributed by atoms with E-state index in [4.69, 9.17) is 5.11 Å². The smallest absolute Gasteiger partial charge is 0.315 e. The molecule has 0 radical (unpaired) electrons. The number of hydrogen-bond acceptors (Lipinski definition) is 2. The Labute approximate surface area is 89.2 Å². The van der Waals surface area contributed by atoms with Gasteiger partial charge in [0.2, 0.25) is 0 Å². The number of carbonyl (C=O) groups excluding carboxylic acids is 1. The molecule has 86 valence electrons. The van der Waals surface area contributed by atoms with E-state index < -0.39 is 5.97 Å². The Bertz CT molecular complexity index is 243. The highest BCUT2D eigenvalue weighted by atomic mass is 16.4. The topological polar surface area (TPSA) is 78.4 Å². The molecular weight excluding hydrogens is 196 g/mol. The molecular formula is C10H18N2O3. The number of carboxylic acid groups (broad SMARTS) is 1. The summed E-state index contributed by atoms with van der Waals surface area (Å²) in [6, 6.07) is -0.171. The van der Waals surface area contributed by atoms with Crippen LogP contribution in [0, 0.1) is 5.92 Å². The van der Waals surface area contributed by atoms with E-state index in [2.05, 4.69) is 10.6 Å². The highest BCUT2D eigenvalue weighted by Crippen LogP contribution is 2.25. The van der Waals surface area contributed by atoms with Gasteiger partial charge in [0.25, 0.3) is 0 Å². The summed E-state index contributed by atoms with van der Waals surface area (Å²) in [5.74, 6) is -1.05. The van der Waals surface area contributed by atoms with Crippen LogP contribution in [-0.4, -0.2) is 29.7 Å². The molecule has 1 rings (SSSR count). The van der Waals surface area contributed by atoms with Gasteiger partial charge in [0.05, 0.1) is 5.92 Å². The molecule has 1 aliphatic rings. The molecule has 0 bridgehead atoms. The van der Waals surface area contributed by atoms with E-state index in [1.807, 2.05) is 6.92 Å². The zero-order chi connectivity index (χ0) is 11.3. The second-order valence-corrected chi connectivity index (χ2v) is 3.95. The van der Waals surface area contributed by atoms with Crippen molar-refractivity contribution in [3.05, 3.63) is 0 Å². The maximum Gasteiger partial charge on any atom is 0.315 e. The Morgan fingerprint density at radius 2 is 2.13 bits per heavy atom. The van der Waals surface area contributed by atoms with Crippen LogP contribution in [0.1, 0.15) is 32.6 Å². The summed E-state index contributed by atoms with van der Waals surface area (Å²) in [6.45, 7) is 2.64. The summed E-state index contributed by atoms with van der Waals surface area (Å²) >= 11 is 0. The Balaban J connectivity index is 2.23. The fraction of sp³-hybridized carbons (Fsp3) is 0.800. The van der Waals surface area contributed by atoms with Crippen LogP contribution in [0.25, 0.3) is 0 Å². The van der Waals surface area contributed by atoms with Crippen LogP contribution >= 0.6 is 0 Å². The standard InChI is InChI=1S/C10H18N2O3/c1-2-5-11-10(15)12-8-4-3-7(6-8)9(13)14/h7-8H,2-6H2,1H3,(H,13,14)(H2,11,12,15). The molecule has 0 aromatic carbocycles. The van der Waals surface area contributed by atoms with Crippen LogP contribution in [-0.2, 0) is 4.79 Å². The molecule has 0 spiro atoms. The minimum atomic E-state index is -0.756. The third kappa shape index (κ3) is 3.77. The first kappa shape index (κ1) is 11.8. The molecule has 2 unspecified atom stereocenters. The third-order valence-electron chi connectivity index (χ3n) is 2.65. The quantitative estimate of drug-likeness (QED) is 0.652. The van der Waals surface area contributed by atoms with E-state index in [-0.39, 0.29) is 18.0 Å². The summed E-state index contributed by atoms with van der Waals surface area (Å²) in [4.78, 5) is 21.9. The molecule has 3 N–H and O–H groups in total. The second-order valence-electron chi connectivity index (χ2n) is 3.95. The fourth-order valence-electron chi connectivity index (χ4n) is 1.81. The molecule has 1 fully saturated rings. The maximum absolute atomic E-state index is 11.3. The number of carboxylic acids is 1. The van der Waals surface area contributed by atoms with E-state index in [1.54, 1.807) is 0 Å². The van der Waals surface area contributed by atoms with Gasteiger partial charge in [-0.1, -0.05) is 6.92 Å². The SMILES string of the molecule is CCCNC(=O)NC1CCC(C(=O)O)C1. The molecule has 1 saturated carbocycles. The molecule has 0 aliphatic heterocycles. The number of aliphatic carboxylic acids is 1. The first-order chi connectivity index (χ1) is 7.13. The highest BCUT2D eigenvalue weighted by molar-refractivity contribution is 5.75. The molecule has 5 heteroatoms. The average Bonchev–Trinajstić information content (AvgIpc) is 2.63. The molecule has 0 saturated heterocycles. The van der Waals surface area contributed by atoms with Crippen molar-refractivity contribution >= 4 is 12.0 Å². The van der Waals surface area contributed by atoms with Crippen LogP contribution in [0.4, 0.5) is 4.79 Å². The van der Waals surface area contributed by atoms with E-state index in [0.29, 0.717) is 19.4 Å². The van der Waals surface area contributed by atoms with Crippen molar-refractivity contribution in [2.75, 3.05) is 6.54 Å². The van der Waals surface area contributed by atoms with Crippen LogP contribution in [0.2, 0.25) is 0 Å². The number of hydrogen-bond donors (Lipinski definition) is 3. The monoisotopic (exact) mass is 214 g/mol. The van der Waals surface area contributed by atoms with Crippen molar-refractivity contribution in [3.63, 3.8) is 0 Å². The lowest BCUT2D eigenvalue weighted by Crippen LogP contribution is -2.41. The molecule has 5 nitrogen and oxygen atoms in total. The number of urea groups is 1. The summed E-state index contributed by atoms with van der Waals surface area (Å²) in [5.41, 5.74) is 0. The number of nitrogens with one attached hydrogen (secondary N) is 2. The summed E-state index contributed by atoms with van der Waals surface area (Å²) < 4.78 is 0. The summed E-state index contributed by atoms with van der Waals surface area (Å²) in [5, 5.41) is 14.3. The fourth-order valence-corrected chi connectivity index (χ4v) is 1.81. The molecule has 1 aliphatic carbocycles. The van der Waals surface area contributed by atoms with Crippen molar-refractivity contribution in [3.8, 4) is 0 Å². The minimum absolute atomic E-state index is 0.0166. The van der Waals surface area contributed by atoms with Gasteiger partial charge in [-0.3, -0.25) is 4.79 Å². The highest BCUT2D eigenvalue weighted by Gasteiger charge is 2.30. The van der Waals surface area contributed by atoms with Gasteiger partial charge in [-0.2, -0.15) is 0 Å². The summed E-state index contributed by atoms with van der Waals surface area (Å²) in [7, 11) is 0. The van der Waals surface area contributed by atoms with Crippen molar-refractivity contribution in [2.45, 2.75) is 38.6 Å². The Hall–Kier alpha value is -1.26. The predicted molar refractivity (Wildman–Crippen MR) is 55.6 cm³/mol. The van der Waals surface area contributed by atoms with Gasteiger partial charge in [0, 0.05) is 12.6 Å². The molecule has 0 aromatic heterocycles. The zero-order valence-corrected chi connectivity index (χ0v) is 8.95. The van der Waals surface area contributed by atoms with Crippen LogP contribution in [0.15, 0.2) is 0 Å². The Kier molecular flexibility index (Phi) is 4.39. The average molecular weight is 214 g/mol. The predicted octanol–water partition coefficient (Wildman–Crippen LogP) is 0.949. The van der Waals surface area contributed by atoms with Crippen molar-refractivity contribution in [1.82, 2.24) is 10.6 Å². The molecule has 2 amide bonds. The van der Waals surface area contributed by atoms with Gasteiger partial charge in [-0.15, -0.1) is 0 Å². The van der Waals surface area contributed by atoms with Gasteiger partial charge in [-0.05, 0) is 25.7 Å². The van der Waals surface area contributed by atoms with E-state index >= 15 is 0 Å². The van der Waals surface area contributed by atoms with Crippen molar-refractivity contribution in [2.24, 2.45) is 5.92 Å². The first-order valence-corrected chi connectivity index (χ1v) is 5.40. The number of rotatable bonds is 4. The van der Waals surface area contributed by atoms with Gasteiger partial charge in [0.15, 0.2) is 0 Å². The van der Waals surface area contributed by atoms with Gasteiger partial charge in [0.1, 0.15) is 0 Å². The molecule has 15 heavy (non-hydrogen) atoms. The van der Waals surface area contributed by atoms with Crippen LogP contribution < -0.4 is 10.6 Å². The number of carbonyl (C=O) groups is 2. The summed E-state index contributed by atoms with van der Waals surface area (Å²) in [6.07, 6.45) is 2.87. The lowest BCUT2D eigenvalue weighted by Gasteiger charge is -2.12. The van der Waals surface area contributed by atoms with Gasteiger partial charge >= 0.3 is 12.0 Å². The molecule has 0 heterocycles. The van der Waals surface area contributed by atoms with E-state index in [1.165, 1.54) is 0 Å². The molecule has 2 atom stereocenters. The van der Waals surface area contributed by atoms with Crippen molar-refractivity contribution in [1.29, 1.82) is 0 Å². The second kappa shape index (κ2) is 5.58. The van der Waals surface area contributed by atoms with Gasteiger partial charge in [-0.25, -0.2) is 4.79 Å². The minimum Gasteiger partial charge on any atom is -0.481 e. The zero-order valence-electron chi connectivity index (χ0n) is 8.95.